The fraction of sp³-hybridized carbons (Fsp3) is 1.00. The highest BCUT2D eigenvalue weighted by Crippen LogP contribution is 1.99. The number of hydroxylamine groups is 1. The molecule has 1 rings (SSSR count). The number of hydrogen-bond donors (Lipinski definition) is 1. The van der Waals surface area contributed by atoms with E-state index in [-0.39, 0.29) is 6.35 Å². The van der Waals surface area contributed by atoms with Crippen molar-refractivity contribution in [3.8, 4) is 0 Å². The van der Waals surface area contributed by atoms with Gasteiger partial charge >= 0.3 is 0 Å². The molecule has 3 heteroatoms. The summed E-state index contributed by atoms with van der Waals surface area (Å²) in [4.78, 5) is 6.59. The van der Waals surface area contributed by atoms with Gasteiger partial charge in [0.25, 0.3) is 0 Å². The van der Waals surface area contributed by atoms with Crippen LogP contribution in [0, 0.1) is 0 Å². The minimum Gasteiger partial charge on any atom is -0.269 e. The molecule has 0 bridgehead atoms. The van der Waals surface area contributed by atoms with Crippen molar-refractivity contribution in [1.29, 1.82) is 0 Å². The van der Waals surface area contributed by atoms with Gasteiger partial charge in [-0.2, -0.15) is 5.48 Å². The molecule has 0 aromatic carbocycles. The van der Waals surface area contributed by atoms with Crippen LogP contribution < -0.4 is 5.48 Å². The van der Waals surface area contributed by atoms with E-state index < -0.39 is 0 Å². The lowest BCUT2D eigenvalue weighted by atomic mass is 10.9. The summed E-state index contributed by atoms with van der Waals surface area (Å²) in [6.45, 7) is 0. The van der Waals surface area contributed by atoms with Gasteiger partial charge in [0.15, 0.2) is 0 Å². The molecule has 0 aromatic heterocycles. The molecule has 1 fully saturated rings. The first-order chi connectivity index (χ1) is 2.80. The first-order valence-corrected chi connectivity index (χ1v) is 1.88. The van der Waals surface area contributed by atoms with E-state index in [9.17, 15) is 0 Å². The maximum Gasteiger partial charge on any atom is 0.206 e. The van der Waals surface area contributed by atoms with Gasteiger partial charge in [0.2, 0.25) is 6.35 Å². The Balaban J connectivity index is 2.13. The third-order valence-corrected chi connectivity index (χ3v) is 0.692. The Labute approximate surface area is 36.8 Å². The maximum atomic E-state index is 4.65. The summed E-state index contributed by atoms with van der Waals surface area (Å²) in [6, 6.07) is 0. The molecule has 6 heavy (non-hydrogen) atoms. The Bertz CT molecular complexity index is 50.8. The van der Waals surface area contributed by atoms with Crippen molar-refractivity contribution in [1.82, 2.24) is 10.4 Å². The quantitative estimate of drug-likeness (QED) is 0.433. The van der Waals surface area contributed by atoms with Crippen LogP contribution in [0.5, 0.6) is 0 Å². The van der Waals surface area contributed by atoms with Crippen LogP contribution in [0.15, 0.2) is 0 Å². The molecule has 1 saturated heterocycles. The summed E-state index contributed by atoms with van der Waals surface area (Å²) in [5.41, 5.74) is 2.66. The van der Waals surface area contributed by atoms with Crippen LogP contribution in [-0.4, -0.2) is 25.3 Å². The second-order valence-corrected chi connectivity index (χ2v) is 1.55. The number of rotatable bonds is 1. The smallest absolute Gasteiger partial charge is 0.206 e. The van der Waals surface area contributed by atoms with Gasteiger partial charge in [0.05, 0.1) is 0 Å². The van der Waals surface area contributed by atoms with Crippen molar-refractivity contribution in [2.45, 2.75) is 6.35 Å². The third-order valence-electron chi connectivity index (χ3n) is 0.692. The zero-order chi connectivity index (χ0) is 4.57. The molecule has 1 aliphatic heterocycles. The first-order valence-electron chi connectivity index (χ1n) is 1.88. The minimum absolute atomic E-state index is 0.185. The normalized spacial score (nSPS) is 31.5. The summed E-state index contributed by atoms with van der Waals surface area (Å²) >= 11 is 0. The van der Waals surface area contributed by atoms with Gasteiger partial charge in [0, 0.05) is 0 Å². The highest BCUT2D eigenvalue weighted by Gasteiger charge is 2.23. The molecule has 0 radical (unpaired) electrons. The summed E-state index contributed by atoms with van der Waals surface area (Å²) in [7, 11) is 3.90. The maximum absolute atomic E-state index is 4.65. The lowest BCUT2D eigenvalue weighted by Crippen LogP contribution is -2.17. The van der Waals surface area contributed by atoms with E-state index in [1.165, 1.54) is 0 Å². The monoisotopic (exact) mass is 88.1 g/mol. The molecular weight excluding hydrogens is 80.0 g/mol. The summed E-state index contributed by atoms with van der Waals surface area (Å²) < 4.78 is 0. The van der Waals surface area contributed by atoms with E-state index in [4.69, 9.17) is 0 Å². The fourth-order valence-corrected chi connectivity index (χ4v) is 0.241. The lowest BCUT2D eigenvalue weighted by Gasteiger charge is -1.97. The molecule has 0 amide bonds. The standard InChI is InChI=1S/C3H8N2O/c1-5(2)3-4-6-3/h3-4H,1-2H3. The molecule has 3 nitrogen and oxygen atoms in total. The van der Waals surface area contributed by atoms with Crippen LogP contribution in [0.2, 0.25) is 0 Å². The number of hydrogen-bond acceptors (Lipinski definition) is 3. The van der Waals surface area contributed by atoms with E-state index >= 15 is 0 Å². The molecule has 1 N–H and O–H groups in total. The van der Waals surface area contributed by atoms with Gasteiger partial charge in [0.1, 0.15) is 0 Å². The van der Waals surface area contributed by atoms with Crippen molar-refractivity contribution in [2.24, 2.45) is 0 Å². The van der Waals surface area contributed by atoms with E-state index in [1.54, 1.807) is 0 Å². The fourth-order valence-electron chi connectivity index (χ4n) is 0.241. The van der Waals surface area contributed by atoms with E-state index in [2.05, 4.69) is 10.3 Å². The highest BCUT2D eigenvalue weighted by atomic mass is 16.8. The molecule has 0 spiro atoms. The Kier molecular flexibility index (Phi) is 0.799. The molecule has 0 aromatic rings. The Hall–Kier alpha value is -0.120. The Morgan fingerprint density at radius 3 is 2.17 bits per heavy atom. The second-order valence-electron chi connectivity index (χ2n) is 1.55. The van der Waals surface area contributed by atoms with Crippen molar-refractivity contribution in [3.63, 3.8) is 0 Å². The van der Waals surface area contributed by atoms with Gasteiger partial charge in [-0.1, -0.05) is 0 Å². The molecule has 1 heterocycles. The van der Waals surface area contributed by atoms with Crippen molar-refractivity contribution < 1.29 is 4.84 Å². The highest BCUT2D eigenvalue weighted by molar-refractivity contribution is 4.50. The van der Waals surface area contributed by atoms with Crippen LogP contribution in [0.4, 0.5) is 0 Å². The first kappa shape index (κ1) is 4.05. The predicted octanol–water partition coefficient (Wildman–Crippen LogP) is -0.634. The van der Waals surface area contributed by atoms with E-state index in [1.807, 2.05) is 19.0 Å². The van der Waals surface area contributed by atoms with Crippen LogP contribution in [0.25, 0.3) is 0 Å². The average molecular weight is 88.1 g/mol. The predicted molar refractivity (Wildman–Crippen MR) is 21.7 cm³/mol. The zero-order valence-corrected chi connectivity index (χ0v) is 3.93. The van der Waals surface area contributed by atoms with E-state index in [0.29, 0.717) is 0 Å². The van der Waals surface area contributed by atoms with Crippen molar-refractivity contribution >= 4 is 0 Å². The Morgan fingerprint density at radius 2 is 2.17 bits per heavy atom. The lowest BCUT2D eigenvalue weighted by molar-refractivity contribution is 0.244. The van der Waals surface area contributed by atoms with E-state index in [0.717, 1.165) is 0 Å². The minimum atomic E-state index is 0.185. The molecule has 1 unspecified atom stereocenters. The summed E-state index contributed by atoms with van der Waals surface area (Å²) in [5.74, 6) is 0. The van der Waals surface area contributed by atoms with Crippen LogP contribution in [0.1, 0.15) is 0 Å². The van der Waals surface area contributed by atoms with Gasteiger partial charge in [-0.25, -0.2) is 0 Å². The third kappa shape index (κ3) is 0.680. The SMILES string of the molecule is CN(C)C1NO1. The van der Waals surface area contributed by atoms with Crippen molar-refractivity contribution in [2.75, 3.05) is 14.1 Å². The van der Waals surface area contributed by atoms with Gasteiger partial charge in [-0.3, -0.25) is 9.74 Å². The molecule has 1 atom stereocenters. The van der Waals surface area contributed by atoms with Gasteiger partial charge in [-0.15, -0.1) is 0 Å². The summed E-state index contributed by atoms with van der Waals surface area (Å²) in [5, 5.41) is 0. The van der Waals surface area contributed by atoms with Gasteiger partial charge in [-0.05, 0) is 14.1 Å². The molecule has 36 valence electrons. The number of nitrogens with one attached hydrogen (secondary N) is 1. The van der Waals surface area contributed by atoms with Crippen LogP contribution in [-0.2, 0) is 4.84 Å². The second kappa shape index (κ2) is 1.18. The zero-order valence-electron chi connectivity index (χ0n) is 3.93. The van der Waals surface area contributed by atoms with Crippen molar-refractivity contribution in [3.05, 3.63) is 0 Å². The molecule has 0 aliphatic carbocycles. The molecule has 1 aliphatic rings. The largest absolute Gasteiger partial charge is 0.269 e. The topological polar surface area (TPSA) is 37.7 Å². The molecule has 0 saturated carbocycles. The molecular formula is C3H8N2O. The Morgan fingerprint density at radius 1 is 1.67 bits per heavy atom. The summed E-state index contributed by atoms with van der Waals surface area (Å²) in [6.07, 6.45) is 0.185. The van der Waals surface area contributed by atoms with Crippen LogP contribution >= 0.6 is 0 Å². The van der Waals surface area contributed by atoms with Gasteiger partial charge < -0.3 is 0 Å². The number of nitrogens with zero attached hydrogens (tertiary/aromatic N) is 1. The average Bonchev–Trinajstić information content (AvgIpc) is 2.06. The van der Waals surface area contributed by atoms with Crippen LogP contribution in [0.3, 0.4) is 0 Å².